The van der Waals surface area contributed by atoms with Gasteiger partial charge in [0.15, 0.2) is 5.11 Å². The number of rotatable bonds is 5. The number of hydrogen-bond donors (Lipinski definition) is 3. The van der Waals surface area contributed by atoms with Gasteiger partial charge in [-0.05, 0) is 18.0 Å². The van der Waals surface area contributed by atoms with Crippen molar-refractivity contribution in [2.24, 2.45) is 5.73 Å². The highest BCUT2D eigenvalue weighted by molar-refractivity contribution is 8.00. The van der Waals surface area contributed by atoms with Gasteiger partial charge in [-0.3, -0.25) is 0 Å². The van der Waals surface area contributed by atoms with Gasteiger partial charge < -0.3 is 11.1 Å². The maximum atomic E-state index is 5.27. The molecule has 3 N–H and O–H groups in total. The first-order valence-electron chi connectivity index (χ1n) is 3.42. The van der Waals surface area contributed by atoms with Crippen LogP contribution < -0.4 is 11.1 Å². The lowest BCUT2D eigenvalue weighted by Gasteiger charge is -2.10. The molecule has 0 saturated carbocycles. The summed E-state index contributed by atoms with van der Waals surface area (Å²) in [5.41, 5.74) is 5.27. The molecule has 5 heteroatoms. The molecule has 0 saturated heterocycles. The number of thiocarbonyl (C=S) groups is 1. The molecule has 0 aliphatic rings. The lowest BCUT2D eigenvalue weighted by molar-refractivity contribution is 0.859. The molecule has 0 bridgehead atoms. The van der Waals surface area contributed by atoms with Crippen LogP contribution in [0.5, 0.6) is 0 Å². The van der Waals surface area contributed by atoms with Gasteiger partial charge in [-0.25, -0.2) is 0 Å². The highest BCUT2D eigenvalue weighted by Crippen LogP contribution is 2.08. The van der Waals surface area contributed by atoms with E-state index in [4.69, 9.17) is 5.73 Å². The fraction of sp³-hybridized carbons (Fsp3) is 0.833. The average Bonchev–Trinajstić information content (AvgIpc) is 1.97. The average molecular weight is 210 g/mol. The van der Waals surface area contributed by atoms with Crippen molar-refractivity contribution in [1.29, 1.82) is 0 Å². The molecule has 0 aromatic heterocycles. The topological polar surface area (TPSA) is 38.0 Å². The van der Waals surface area contributed by atoms with E-state index in [1.807, 2.05) is 11.8 Å². The number of thiol groups is 1. The van der Waals surface area contributed by atoms with Gasteiger partial charge in [-0.2, -0.15) is 24.4 Å². The summed E-state index contributed by atoms with van der Waals surface area (Å²) in [6.45, 7) is 2.98. The van der Waals surface area contributed by atoms with Gasteiger partial charge in [0.1, 0.15) is 0 Å². The molecule has 1 atom stereocenters. The Morgan fingerprint density at radius 2 is 2.45 bits per heavy atom. The van der Waals surface area contributed by atoms with E-state index < -0.39 is 0 Å². The minimum Gasteiger partial charge on any atom is -0.376 e. The second-order valence-corrected chi connectivity index (χ2v) is 4.58. The molecule has 0 rings (SSSR count). The summed E-state index contributed by atoms with van der Waals surface area (Å²) in [5.74, 6) is 1.99. The second kappa shape index (κ2) is 7.06. The number of nitrogens with one attached hydrogen (secondary N) is 1. The van der Waals surface area contributed by atoms with Crippen LogP contribution in [0.25, 0.3) is 0 Å². The quantitative estimate of drug-likeness (QED) is 0.465. The predicted molar refractivity (Wildman–Crippen MR) is 60.6 cm³/mol. The van der Waals surface area contributed by atoms with Crippen molar-refractivity contribution in [2.45, 2.75) is 12.2 Å². The van der Waals surface area contributed by atoms with Gasteiger partial charge in [-0.15, -0.1) is 0 Å². The van der Waals surface area contributed by atoms with E-state index in [2.05, 4.69) is 37.1 Å². The summed E-state index contributed by atoms with van der Waals surface area (Å²) >= 11 is 10.6. The molecule has 2 nitrogen and oxygen atoms in total. The third-order valence-electron chi connectivity index (χ3n) is 1.06. The van der Waals surface area contributed by atoms with E-state index in [1.54, 1.807) is 0 Å². The minimum absolute atomic E-state index is 0.378. The Bertz CT molecular complexity index is 118. The van der Waals surface area contributed by atoms with Crippen LogP contribution in [0.15, 0.2) is 0 Å². The molecule has 0 fully saturated rings. The molecular formula is C6H14N2S3. The zero-order chi connectivity index (χ0) is 8.69. The molecule has 0 heterocycles. The van der Waals surface area contributed by atoms with E-state index >= 15 is 0 Å². The lowest BCUT2D eigenvalue weighted by Crippen LogP contribution is -2.33. The van der Waals surface area contributed by atoms with Crippen LogP contribution in [0.1, 0.15) is 6.92 Å². The fourth-order valence-corrected chi connectivity index (χ4v) is 1.67. The maximum absolute atomic E-state index is 5.27. The number of thioether (sulfide) groups is 1. The SMILES string of the molecule is CC(CNC(N)=S)SCCS. The van der Waals surface area contributed by atoms with Crippen molar-refractivity contribution in [2.75, 3.05) is 18.1 Å². The summed E-state index contributed by atoms with van der Waals surface area (Å²) in [6.07, 6.45) is 0. The molecule has 0 radical (unpaired) electrons. The highest BCUT2D eigenvalue weighted by Gasteiger charge is 2.00. The molecule has 1 unspecified atom stereocenters. The maximum Gasteiger partial charge on any atom is 0.163 e. The Morgan fingerprint density at radius 3 is 2.91 bits per heavy atom. The molecule has 0 aromatic carbocycles. The van der Waals surface area contributed by atoms with E-state index in [1.165, 1.54) is 0 Å². The van der Waals surface area contributed by atoms with E-state index in [0.29, 0.717) is 10.4 Å². The van der Waals surface area contributed by atoms with Crippen LogP contribution >= 0.6 is 36.6 Å². The van der Waals surface area contributed by atoms with Crippen molar-refractivity contribution in [1.82, 2.24) is 5.32 Å². The molecule has 0 aliphatic heterocycles. The lowest BCUT2D eigenvalue weighted by atomic mass is 10.5. The molecule has 0 spiro atoms. The van der Waals surface area contributed by atoms with Crippen LogP contribution in [0, 0.1) is 0 Å². The van der Waals surface area contributed by atoms with Gasteiger partial charge in [0.2, 0.25) is 0 Å². The van der Waals surface area contributed by atoms with Crippen LogP contribution in [0.3, 0.4) is 0 Å². The normalized spacial score (nSPS) is 12.5. The second-order valence-electron chi connectivity index (χ2n) is 2.15. The van der Waals surface area contributed by atoms with Crippen LogP contribution in [-0.4, -0.2) is 28.4 Å². The number of nitrogens with two attached hydrogens (primary N) is 1. The van der Waals surface area contributed by atoms with Crippen molar-refractivity contribution >= 4 is 41.7 Å². The fourth-order valence-electron chi connectivity index (χ4n) is 0.557. The Morgan fingerprint density at radius 1 is 1.82 bits per heavy atom. The first-order valence-corrected chi connectivity index (χ1v) is 5.51. The van der Waals surface area contributed by atoms with Gasteiger partial charge >= 0.3 is 0 Å². The van der Waals surface area contributed by atoms with Crippen molar-refractivity contribution in [3.63, 3.8) is 0 Å². The standard InChI is InChI=1S/C6H14N2S3/c1-5(11-3-2-9)4-8-6(7)10/h5,9H,2-4H2,1H3,(H3,7,8,10). The van der Waals surface area contributed by atoms with E-state index in [-0.39, 0.29) is 0 Å². The van der Waals surface area contributed by atoms with Crippen LogP contribution in [0.2, 0.25) is 0 Å². The zero-order valence-corrected chi connectivity index (χ0v) is 9.07. The molecular weight excluding hydrogens is 196 g/mol. The Kier molecular flexibility index (Phi) is 7.31. The Balaban J connectivity index is 3.22. The number of hydrogen-bond acceptors (Lipinski definition) is 3. The van der Waals surface area contributed by atoms with Crippen molar-refractivity contribution < 1.29 is 0 Å². The van der Waals surface area contributed by atoms with Gasteiger partial charge in [0, 0.05) is 17.5 Å². The third kappa shape index (κ3) is 8.29. The highest BCUT2D eigenvalue weighted by atomic mass is 32.2. The monoisotopic (exact) mass is 210 g/mol. The largest absolute Gasteiger partial charge is 0.376 e. The summed E-state index contributed by atoms with van der Waals surface area (Å²) in [4.78, 5) is 0. The summed E-state index contributed by atoms with van der Waals surface area (Å²) in [6, 6.07) is 0. The summed E-state index contributed by atoms with van der Waals surface area (Å²) in [5, 5.41) is 3.84. The predicted octanol–water partition coefficient (Wildman–Crippen LogP) is 0.871. The first kappa shape index (κ1) is 11.4. The molecule has 66 valence electrons. The minimum atomic E-state index is 0.378. The summed E-state index contributed by atoms with van der Waals surface area (Å²) in [7, 11) is 0. The third-order valence-corrected chi connectivity index (χ3v) is 2.90. The van der Waals surface area contributed by atoms with Gasteiger partial charge in [0.25, 0.3) is 0 Å². The van der Waals surface area contributed by atoms with Crippen molar-refractivity contribution in [3.8, 4) is 0 Å². The molecule has 11 heavy (non-hydrogen) atoms. The smallest absolute Gasteiger partial charge is 0.163 e. The Labute approximate surface area is 83.1 Å². The molecule has 0 aromatic rings. The Hall–Kier alpha value is 0.390. The van der Waals surface area contributed by atoms with Crippen LogP contribution in [0.4, 0.5) is 0 Å². The zero-order valence-electron chi connectivity index (χ0n) is 6.54. The van der Waals surface area contributed by atoms with Gasteiger partial charge in [-0.1, -0.05) is 6.92 Å². The van der Waals surface area contributed by atoms with Crippen LogP contribution in [-0.2, 0) is 0 Å². The van der Waals surface area contributed by atoms with Crippen molar-refractivity contribution in [3.05, 3.63) is 0 Å². The molecule has 0 amide bonds. The van der Waals surface area contributed by atoms with Gasteiger partial charge in [0.05, 0.1) is 0 Å². The first-order chi connectivity index (χ1) is 5.16. The molecule has 0 aliphatic carbocycles. The van der Waals surface area contributed by atoms with E-state index in [9.17, 15) is 0 Å². The summed E-state index contributed by atoms with van der Waals surface area (Å²) < 4.78 is 0. The van der Waals surface area contributed by atoms with E-state index in [0.717, 1.165) is 18.1 Å².